The molecule has 21 heavy (non-hydrogen) atoms. The molecule has 0 aliphatic heterocycles. The second kappa shape index (κ2) is 6.10. The lowest BCUT2D eigenvalue weighted by molar-refractivity contribution is 0.506. The zero-order valence-corrected chi connectivity index (χ0v) is 12.0. The Hall–Kier alpha value is -2.13. The number of furan rings is 1. The highest BCUT2D eigenvalue weighted by Crippen LogP contribution is 2.26. The van der Waals surface area contributed by atoms with Crippen molar-refractivity contribution < 1.29 is 8.81 Å². The van der Waals surface area contributed by atoms with Crippen LogP contribution in [0.25, 0.3) is 11.0 Å². The smallest absolute Gasteiger partial charge is 0.134 e. The van der Waals surface area contributed by atoms with Crippen molar-refractivity contribution in [3.05, 3.63) is 71.7 Å². The lowest BCUT2D eigenvalue weighted by Crippen LogP contribution is -2.18. The van der Waals surface area contributed by atoms with Gasteiger partial charge in [-0.15, -0.1) is 0 Å². The molecule has 1 heterocycles. The molecule has 2 aromatic carbocycles. The number of rotatable bonds is 5. The molecule has 1 unspecified atom stereocenters. The fourth-order valence-electron chi connectivity index (χ4n) is 2.69. The van der Waals surface area contributed by atoms with Crippen molar-refractivity contribution in [1.29, 1.82) is 0 Å². The minimum atomic E-state index is -0.232. The molecule has 1 aromatic heterocycles. The van der Waals surface area contributed by atoms with Gasteiger partial charge in [0, 0.05) is 24.3 Å². The second-order valence-electron chi connectivity index (χ2n) is 5.26. The number of fused-ring (bicyclic) bond motifs is 1. The van der Waals surface area contributed by atoms with Crippen molar-refractivity contribution in [3.8, 4) is 0 Å². The average Bonchev–Trinajstić information content (AvgIpc) is 2.89. The molecule has 0 saturated carbocycles. The van der Waals surface area contributed by atoms with Crippen LogP contribution in [-0.4, -0.2) is 13.6 Å². The molecular weight excluding hydrogens is 265 g/mol. The highest BCUT2D eigenvalue weighted by molar-refractivity contribution is 5.77. The van der Waals surface area contributed by atoms with E-state index in [0.29, 0.717) is 5.92 Å². The Morgan fingerprint density at radius 1 is 1.10 bits per heavy atom. The number of hydrogen-bond donors (Lipinski definition) is 1. The molecule has 3 rings (SSSR count). The minimum absolute atomic E-state index is 0.232. The van der Waals surface area contributed by atoms with E-state index < -0.39 is 0 Å². The van der Waals surface area contributed by atoms with Crippen LogP contribution >= 0.6 is 0 Å². The van der Waals surface area contributed by atoms with Crippen LogP contribution in [0, 0.1) is 5.82 Å². The minimum Gasteiger partial charge on any atom is -0.461 e. The van der Waals surface area contributed by atoms with Crippen molar-refractivity contribution in [3.63, 3.8) is 0 Å². The molecule has 2 nitrogen and oxygen atoms in total. The molecule has 108 valence electrons. The summed E-state index contributed by atoms with van der Waals surface area (Å²) in [5.74, 6) is 0.992. The average molecular weight is 283 g/mol. The first-order chi connectivity index (χ1) is 10.3. The predicted octanol–water partition coefficient (Wildman–Crippen LogP) is 4.12. The maximum atomic E-state index is 13.2. The Morgan fingerprint density at radius 3 is 2.67 bits per heavy atom. The van der Waals surface area contributed by atoms with Crippen LogP contribution in [0.5, 0.6) is 0 Å². The summed E-state index contributed by atoms with van der Waals surface area (Å²) in [7, 11) is 1.95. The number of nitrogens with one attached hydrogen (secondary N) is 1. The van der Waals surface area contributed by atoms with Crippen LogP contribution in [0.3, 0.4) is 0 Å². The topological polar surface area (TPSA) is 25.2 Å². The Kier molecular flexibility index (Phi) is 4.02. The molecule has 1 atom stereocenters. The maximum absolute atomic E-state index is 13.2. The van der Waals surface area contributed by atoms with Crippen LogP contribution in [0.15, 0.2) is 59.0 Å². The first kappa shape index (κ1) is 13.8. The summed E-state index contributed by atoms with van der Waals surface area (Å²) < 4.78 is 19.1. The summed E-state index contributed by atoms with van der Waals surface area (Å²) in [5, 5.41) is 4.05. The van der Waals surface area contributed by atoms with Crippen LogP contribution < -0.4 is 5.32 Å². The van der Waals surface area contributed by atoms with Gasteiger partial charge in [0.1, 0.15) is 17.2 Å². The molecule has 1 N–H and O–H groups in total. The van der Waals surface area contributed by atoms with Gasteiger partial charge in [-0.2, -0.15) is 0 Å². The zero-order valence-electron chi connectivity index (χ0n) is 12.0. The summed E-state index contributed by atoms with van der Waals surface area (Å²) in [4.78, 5) is 0. The molecule has 0 aliphatic carbocycles. The molecule has 0 amide bonds. The second-order valence-corrected chi connectivity index (χ2v) is 5.26. The first-order valence-electron chi connectivity index (χ1n) is 7.14. The van der Waals surface area contributed by atoms with E-state index in [9.17, 15) is 4.39 Å². The fraction of sp³-hybridized carbons (Fsp3) is 0.222. The summed E-state index contributed by atoms with van der Waals surface area (Å²) >= 11 is 0. The van der Waals surface area contributed by atoms with Gasteiger partial charge in [-0.05, 0) is 36.9 Å². The zero-order chi connectivity index (χ0) is 14.7. The maximum Gasteiger partial charge on any atom is 0.134 e. The number of benzene rings is 2. The molecule has 3 aromatic rings. The third-order valence-corrected chi connectivity index (χ3v) is 3.70. The van der Waals surface area contributed by atoms with E-state index >= 15 is 0 Å². The molecule has 0 fully saturated rings. The van der Waals surface area contributed by atoms with Crippen molar-refractivity contribution in [1.82, 2.24) is 5.32 Å². The number of halogens is 1. The van der Waals surface area contributed by atoms with Gasteiger partial charge in [-0.3, -0.25) is 0 Å². The molecular formula is C18H18FNO. The van der Waals surface area contributed by atoms with E-state index in [1.807, 2.05) is 31.3 Å². The fourth-order valence-corrected chi connectivity index (χ4v) is 2.69. The van der Waals surface area contributed by atoms with E-state index in [1.54, 1.807) is 6.07 Å². The summed E-state index contributed by atoms with van der Waals surface area (Å²) in [6.45, 7) is 0.870. The number of likely N-dealkylation sites (N-methyl/N-ethyl adjacent to an activating group) is 1. The van der Waals surface area contributed by atoms with Gasteiger partial charge < -0.3 is 9.73 Å². The molecule has 0 radical (unpaired) electrons. The van der Waals surface area contributed by atoms with E-state index in [2.05, 4.69) is 17.4 Å². The summed E-state index contributed by atoms with van der Waals surface area (Å²) in [5.41, 5.74) is 2.01. The molecule has 0 saturated heterocycles. The Bertz CT molecular complexity index is 720. The standard InChI is InChI=1S/C18H18FNO/c1-20-12-15(13-5-3-2-4-6-13)11-17-10-14-9-16(19)7-8-18(14)21-17/h2-10,15,20H,11-12H2,1H3. The molecule has 0 aliphatic rings. The largest absolute Gasteiger partial charge is 0.461 e. The summed E-state index contributed by atoms with van der Waals surface area (Å²) in [6, 6.07) is 16.9. The third-order valence-electron chi connectivity index (χ3n) is 3.70. The van der Waals surface area contributed by atoms with Crippen LogP contribution in [-0.2, 0) is 6.42 Å². The van der Waals surface area contributed by atoms with Crippen LogP contribution in [0.2, 0.25) is 0 Å². The Morgan fingerprint density at radius 2 is 1.90 bits per heavy atom. The van der Waals surface area contributed by atoms with Gasteiger partial charge in [0.15, 0.2) is 0 Å². The lowest BCUT2D eigenvalue weighted by Gasteiger charge is -2.15. The Balaban J connectivity index is 1.87. The molecule has 3 heteroatoms. The highest BCUT2D eigenvalue weighted by atomic mass is 19.1. The van der Waals surface area contributed by atoms with Gasteiger partial charge in [-0.1, -0.05) is 30.3 Å². The summed E-state index contributed by atoms with van der Waals surface area (Å²) in [6.07, 6.45) is 0.793. The quantitative estimate of drug-likeness (QED) is 0.762. The van der Waals surface area contributed by atoms with E-state index in [0.717, 1.165) is 29.7 Å². The normalized spacial score (nSPS) is 12.7. The van der Waals surface area contributed by atoms with Crippen molar-refractivity contribution >= 4 is 11.0 Å². The molecule has 0 bridgehead atoms. The van der Waals surface area contributed by atoms with Crippen molar-refractivity contribution in [2.24, 2.45) is 0 Å². The third kappa shape index (κ3) is 3.14. The van der Waals surface area contributed by atoms with E-state index in [1.165, 1.54) is 17.7 Å². The van der Waals surface area contributed by atoms with Crippen molar-refractivity contribution in [2.45, 2.75) is 12.3 Å². The van der Waals surface area contributed by atoms with Gasteiger partial charge in [0.05, 0.1) is 0 Å². The first-order valence-corrected chi connectivity index (χ1v) is 7.14. The van der Waals surface area contributed by atoms with Crippen LogP contribution in [0.1, 0.15) is 17.2 Å². The monoisotopic (exact) mass is 283 g/mol. The SMILES string of the molecule is CNCC(Cc1cc2cc(F)ccc2o1)c1ccccc1. The van der Waals surface area contributed by atoms with Gasteiger partial charge in [0.2, 0.25) is 0 Å². The lowest BCUT2D eigenvalue weighted by atomic mass is 9.94. The number of hydrogen-bond acceptors (Lipinski definition) is 2. The highest BCUT2D eigenvalue weighted by Gasteiger charge is 2.14. The van der Waals surface area contributed by atoms with Gasteiger partial charge >= 0.3 is 0 Å². The van der Waals surface area contributed by atoms with E-state index in [4.69, 9.17) is 4.42 Å². The van der Waals surface area contributed by atoms with Crippen molar-refractivity contribution in [2.75, 3.05) is 13.6 Å². The van der Waals surface area contributed by atoms with Gasteiger partial charge in [-0.25, -0.2) is 4.39 Å². The van der Waals surface area contributed by atoms with Gasteiger partial charge in [0.25, 0.3) is 0 Å². The van der Waals surface area contributed by atoms with E-state index in [-0.39, 0.29) is 5.82 Å². The van der Waals surface area contributed by atoms with Crippen LogP contribution in [0.4, 0.5) is 4.39 Å². The molecule has 0 spiro atoms. The Labute approximate surface area is 123 Å². The predicted molar refractivity (Wildman–Crippen MR) is 83.0 cm³/mol.